The van der Waals surface area contributed by atoms with Crippen LogP contribution in [0.15, 0.2) is 36.1 Å². The Morgan fingerprint density at radius 3 is 2.44 bits per heavy atom. The molecule has 0 rings (SSSR count). The van der Waals surface area contributed by atoms with Crippen molar-refractivity contribution in [2.45, 2.75) is 39.5 Å². The number of allylic oxidation sites excluding steroid dienone is 4. The Bertz CT molecular complexity index is 285. The van der Waals surface area contributed by atoms with E-state index < -0.39 is 0 Å². The maximum absolute atomic E-state index is 11.4. The Hall–Kier alpha value is -1.31. The summed E-state index contributed by atoms with van der Waals surface area (Å²) in [6, 6.07) is 0. The maximum Gasteiger partial charge on any atom is 0.133 e. The van der Waals surface area contributed by atoms with E-state index in [0.29, 0.717) is 18.6 Å². The van der Waals surface area contributed by atoms with E-state index in [4.69, 9.17) is 4.74 Å². The lowest BCUT2D eigenvalue weighted by Crippen LogP contribution is -2.00. The maximum atomic E-state index is 11.4. The lowest BCUT2D eigenvalue weighted by atomic mass is 10.0. The number of rotatable bonds is 8. The van der Waals surface area contributed by atoms with Gasteiger partial charge in [-0.05, 0) is 31.4 Å². The molecule has 16 heavy (non-hydrogen) atoms. The standard InChI is InChI=1S/C14H22O2/c1-5-8-13(15)11-10-12(7-3)14(16-4)9-6-2/h6-7,9H,2,5,8,10-11H2,1,3-4H3/b12-7-,14-9+. The monoisotopic (exact) mass is 222 g/mol. The third kappa shape index (κ3) is 5.54. The molecule has 0 N–H and O–H groups in total. The fraction of sp³-hybridized carbons (Fsp3) is 0.500. The zero-order valence-corrected chi connectivity index (χ0v) is 10.6. The van der Waals surface area contributed by atoms with Gasteiger partial charge in [-0.3, -0.25) is 4.79 Å². The first-order valence-electron chi connectivity index (χ1n) is 5.73. The van der Waals surface area contributed by atoms with Crippen molar-refractivity contribution in [2.75, 3.05) is 7.11 Å². The highest BCUT2D eigenvalue weighted by Crippen LogP contribution is 2.17. The van der Waals surface area contributed by atoms with Gasteiger partial charge in [-0.2, -0.15) is 0 Å². The first-order valence-corrected chi connectivity index (χ1v) is 5.73. The van der Waals surface area contributed by atoms with Crippen LogP contribution in [0.2, 0.25) is 0 Å². The number of ketones is 1. The molecule has 2 heteroatoms. The van der Waals surface area contributed by atoms with E-state index in [0.717, 1.165) is 24.2 Å². The molecule has 0 radical (unpaired) electrons. The quantitative estimate of drug-likeness (QED) is 0.461. The summed E-state index contributed by atoms with van der Waals surface area (Å²) in [4.78, 5) is 11.4. The van der Waals surface area contributed by atoms with Gasteiger partial charge in [0.25, 0.3) is 0 Å². The van der Waals surface area contributed by atoms with Crippen LogP contribution in [0.4, 0.5) is 0 Å². The van der Waals surface area contributed by atoms with Crippen molar-refractivity contribution in [2.24, 2.45) is 0 Å². The first-order chi connectivity index (χ1) is 7.69. The van der Waals surface area contributed by atoms with Gasteiger partial charge in [-0.25, -0.2) is 0 Å². The largest absolute Gasteiger partial charge is 0.496 e. The molecule has 0 aromatic carbocycles. The summed E-state index contributed by atoms with van der Waals surface area (Å²) in [5.41, 5.74) is 1.06. The molecule has 0 aliphatic heterocycles. The summed E-state index contributed by atoms with van der Waals surface area (Å²) >= 11 is 0. The number of hydrogen-bond donors (Lipinski definition) is 0. The Balaban J connectivity index is 4.36. The second-order valence-electron chi connectivity index (χ2n) is 3.57. The Labute approximate surface area is 98.7 Å². The molecule has 90 valence electrons. The van der Waals surface area contributed by atoms with Gasteiger partial charge in [0.2, 0.25) is 0 Å². The predicted molar refractivity (Wildman–Crippen MR) is 68.2 cm³/mol. The molecule has 0 aliphatic rings. The second kappa shape index (κ2) is 8.96. The molecule has 0 saturated heterocycles. The van der Waals surface area contributed by atoms with Crippen molar-refractivity contribution >= 4 is 5.78 Å². The SMILES string of the molecule is C=C/C=C(OC)\C(=C/C)CCC(=O)CCC. The van der Waals surface area contributed by atoms with Crippen LogP contribution in [0.25, 0.3) is 0 Å². The molecule has 0 heterocycles. The third-order valence-electron chi connectivity index (χ3n) is 2.36. The molecular weight excluding hydrogens is 200 g/mol. The van der Waals surface area contributed by atoms with Crippen molar-refractivity contribution < 1.29 is 9.53 Å². The summed E-state index contributed by atoms with van der Waals surface area (Å²) in [6.07, 6.45) is 8.41. The minimum atomic E-state index is 0.316. The van der Waals surface area contributed by atoms with Crippen LogP contribution in [0, 0.1) is 0 Å². The van der Waals surface area contributed by atoms with Gasteiger partial charge in [-0.1, -0.05) is 25.7 Å². The molecule has 0 aromatic heterocycles. The van der Waals surface area contributed by atoms with Gasteiger partial charge >= 0.3 is 0 Å². The normalized spacial score (nSPS) is 12.4. The van der Waals surface area contributed by atoms with Gasteiger partial charge in [-0.15, -0.1) is 0 Å². The number of hydrogen-bond acceptors (Lipinski definition) is 2. The minimum Gasteiger partial charge on any atom is -0.496 e. The Kier molecular flexibility index (Phi) is 8.22. The Morgan fingerprint density at radius 2 is 2.00 bits per heavy atom. The van der Waals surface area contributed by atoms with E-state index >= 15 is 0 Å². The van der Waals surface area contributed by atoms with Crippen LogP contribution < -0.4 is 0 Å². The summed E-state index contributed by atoms with van der Waals surface area (Å²) < 4.78 is 5.25. The van der Waals surface area contributed by atoms with Crippen LogP contribution in [0.5, 0.6) is 0 Å². The number of carbonyl (C=O) groups is 1. The molecule has 0 saturated carbocycles. The van der Waals surface area contributed by atoms with E-state index in [9.17, 15) is 4.79 Å². The average molecular weight is 222 g/mol. The zero-order valence-electron chi connectivity index (χ0n) is 10.6. The van der Waals surface area contributed by atoms with E-state index in [2.05, 4.69) is 6.58 Å². The highest BCUT2D eigenvalue weighted by Gasteiger charge is 2.07. The van der Waals surface area contributed by atoms with Crippen LogP contribution in [-0.4, -0.2) is 12.9 Å². The second-order valence-corrected chi connectivity index (χ2v) is 3.57. The van der Waals surface area contributed by atoms with Gasteiger partial charge < -0.3 is 4.74 Å². The Morgan fingerprint density at radius 1 is 1.31 bits per heavy atom. The van der Waals surface area contributed by atoms with Crippen molar-refractivity contribution in [3.63, 3.8) is 0 Å². The molecule has 0 bridgehead atoms. The van der Waals surface area contributed by atoms with E-state index in [1.807, 2.05) is 26.0 Å². The summed E-state index contributed by atoms with van der Waals surface area (Å²) in [6.45, 7) is 7.61. The van der Waals surface area contributed by atoms with Crippen molar-refractivity contribution in [3.05, 3.63) is 36.1 Å². The van der Waals surface area contributed by atoms with Crippen LogP contribution in [0.1, 0.15) is 39.5 Å². The summed E-state index contributed by atoms with van der Waals surface area (Å²) in [5.74, 6) is 1.11. The smallest absolute Gasteiger partial charge is 0.133 e. The van der Waals surface area contributed by atoms with Crippen LogP contribution in [0.3, 0.4) is 0 Å². The number of carbonyl (C=O) groups excluding carboxylic acids is 1. The van der Waals surface area contributed by atoms with Gasteiger partial charge in [0.1, 0.15) is 11.5 Å². The fourth-order valence-electron chi connectivity index (χ4n) is 1.50. The lowest BCUT2D eigenvalue weighted by molar-refractivity contribution is -0.119. The molecule has 2 nitrogen and oxygen atoms in total. The van der Waals surface area contributed by atoms with E-state index in [1.54, 1.807) is 13.2 Å². The zero-order chi connectivity index (χ0) is 12.4. The van der Waals surface area contributed by atoms with Gasteiger partial charge in [0.15, 0.2) is 0 Å². The van der Waals surface area contributed by atoms with Gasteiger partial charge in [0.05, 0.1) is 7.11 Å². The van der Waals surface area contributed by atoms with Crippen molar-refractivity contribution in [1.82, 2.24) is 0 Å². The summed E-state index contributed by atoms with van der Waals surface area (Å²) in [7, 11) is 1.63. The van der Waals surface area contributed by atoms with Crippen molar-refractivity contribution in [1.29, 1.82) is 0 Å². The molecule has 0 aliphatic carbocycles. The first kappa shape index (κ1) is 14.7. The predicted octanol–water partition coefficient (Wildman–Crippen LogP) is 3.80. The highest BCUT2D eigenvalue weighted by molar-refractivity contribution is 5.78. The van der Waals surface area contributed by atoms with Gasteiger partial charge in [0, 0.05) is 12.8 Å². The van der Waals surface area contributed by atoms with Crippen LogP contribution >= 0.6 is 0 Å². The number of ether oxygens (including phenoxy) is 1. The van der Waals surface area contributed by atoms with Crippen LogP contribution in [-0.2, 0) is 9.53 Å². The third-order valence-corrected chi connectivity index (χ3v) is 2.36. The highest BCUT2D eigenvalue weighted by atomic mass is 16.5. The minimum absolute atomic E-state index is 0.316. The molecule has 0 unspecified atom stereocenters. The van der Waals surface area contributed by atoms with Crippen molar-refractivity contribution in [3.8, 4) is 0 Å². The molecule has 0 fully saturated rings. The topological polar surface area (TPSA) is 26.3 Å². The average Bonchev–Trinajstić information content (AvgIpc) is 2.28. The number of methoxy groups -OCH3 is 1. The van der Waals surface area contributed by atoms with E-state index in [-0.39, 0.29) is 0 Å². The molecule has 0 atom stereocenters. The number of Topliss-reactive ketones (excluding diaryl/α,β-unsaturated/α-hetero) is 1. The molecule has 0 amide bonds. The fourth-order valence-corrected chi connectivity index (χ4v) is 1.50. The lowest BCUT2D eigenvalue weighted by Gasteiger charge is -2.09. The molecule has 0 spiro atoms. The van der Waals surface area contributed by atoms with E-state index in [1.165, 1.54) is 0 Å². The summed E-state index contributed by atoms with van der Waals surface area (Å²) in [5, 5.41) is 0. The molecule has 0 aromatic rings. The molecular formula is C14H22O2.